The maximum absolute atomic E-state index is 12.7. The van der Waals surface area contributed by atoms with Crippen molar-refractivity contribution in [3.63, 3.8) is 0 Å². The quantitative estimate of drug-likeness (QED) is 0.121. The van der Waals surface area contributed by atoms with Crippen LogP contribution in [0.3, 0.4) is 0 Å². The molecule has 3 aromatic carbocycles. The third-order valence-corrected chi connectivity index (χ3v) is 9.36. The fourth-order valence-electron chi connectivity index (χ4n) is 4.10. The number of esters is 2. The first-order valence-electron chi connectivity index (χ1n) is 12.3. The lowest BCUT2D eigenvalue weighted by atomic mass is 9.98. The first kappa shape index (κ1) is 25.6. The van der Waals surface area contributed by atoms with Gasteiger partial charge in [0, 0.05) is 17.4 Å². The topological polar surface area (TPSA) is 52.6 Å². The van der Waals surface area contributed by atoms with E-state index in [0.717, 1.165) is 40.8 Å². The van der Waals surface area contributed by atoms with E-state index in [4.69, 9.17) is 9.47 Å². The molecule has 1 aliphatic heterocycles. The Bertz CT molecular complexity index is 1150. The number of rotatable bonds is 10. The van der Waals surface area contributed by atoms with Crippen molar-refractivity contribution < 1.29 is 19.1 Å². The molecule has 0 aliphatic carbocycles. The second-order valence-corrected chi connectivity index (χ2v) is 11.7. The minimum atomic E-state index is -0.399. The van der Waals surface area contributed by atoms with Gasteiger partial charge in [-0.3, -0.25) is 9.59 Å². The molecule has 0 bridgehead atoms. The third-order valence-electron chi connectivity index (χ3n) is 6.36. The lowest BCUT2D eigenvalue weighted by Crippen LogP contribution is -2.16. The molecule has 4 nitrogen and oxygen atoms in total. The van der Waals surface area contributed by atoms with Gasteiger partial charge in [0.1, 0.15) is 11.5 Å². The molecule has 1 aliphatic rings. The van der Waals surface area contributed by atoms with Gasteiger partial charge in [-0.15, -0.1) is 0 Å². The van der Waals surface area contributed by atoms with Gasteiger partial charge < -0.3 is 9.47 Å². The molecule has 0 radical (unpaired) electrons. The second kappa shape index (κ2) is 12.5. The van der Waals surface area contributed by atoms with Gasteiger partial charge in [-0.25, -0.2) is 0 Å². The van der Waals surface area contributed by atoms with Gasteiger partial charge in [0.15, 0.2) is 0 Å². The summed E-state index contributed by atoms with van der Waals surface area (Å²) in [5.41, 5.74) is 2.09. The van der Waals surface area contributed by atoms with Crippen LogP contribution < -0.4 is 9.47 Å². The Balaban J connectivity index is 1.30. The maximum atomic E-state index is 12.7. The minimum Gasteiger partial charge on any atom is -0.427 e. The largest absolute Gasteiger partial charge is 0.427 e. The first-order chi connectivity index (χ1) is 17.0. The van der Waals surface area contributed by atoms with Crippen LogP contribution in [-0.4, -0.2) is 22.9 Å². The van der Waals surface area contributed by atoms with E-state index in [1.807, 2.05) is 89.2 Å². The van der Waals surface area contributed by atoms with E-state index in [0.29, 0.717) is 17.9 Å². The lowest BCUT2D eigenvalue weighted by Gasteiger charge is -2.13. The van der Waals surface area contributed by atoms with Crippen LogP contribution in [0.2, 0.25) is 0 Å². The highest BCUT2D eigenvalue weighted by molar-refractivity contribution is 8.77. The fourth-order valence-corrected chi connectivity index (χ4v) is 7.12. The molecule has 2 atom stereocenters. The molecular weight excluding hydrogens is 476 g/mol. The van der Waals surface area contributed by atoms with Crippen molar-refractivity contribution in [2.24, 2.45) is 0 Å². The monoisotopic (exact) mass is 508 g/mol. The van der Waals surface area contributed by atoms with Crippen LogP contribution in [0, 0.1) is 0 Å². The average Bonchev–Trinajstić information content (AvgIpc) is 3.40. The zero-order valence-corrected chi connectivity index (χ0v) is 22.0. The zero-order chi connectivity index (χ0) is 24.6. The summed E-state index contributed by atoms with van der Waals surface area (Å²) in [6.07, 6.45) is 5.79. The average molecular weight is 509 g/mol. The van der Waals surface area contributed by atoms with E-state index in [1.165, 1.54) is 24.2 Å². The van der Waals surface area contributed by atoms with Crippen LogP contribution in [0.1, 0.15) is 63.0 Å². The number of aryl methyl sites for hydroxylation is 1. The number of benzene rings is 3. The van der Waals surface area contributed by atoms with E-state index < -0.39 is 5.92 Å². The number of unbranched alkanes of at least 4 members (excludes halogenated alkanes) is 1. The zero-order valence-electron chi connectivity index (χ0n) is 20.3. The van der Waals surface area contributed by atoms with Gasteiger partial charge in [-0.05, 0) is 78.8 Å². The minimum absolute atomic E-state index is 0.183. The number of hydrogen-bond acceptors (Lipinski definition) is 6. The lowest BCUT2D eigenvalue weighted by molar-refractivity contribution is -0.136. The third kappa shape index (κ3) is 7.28. The van der Waals surface area contributed by atoms with Crippen LogP contribution in [0.5, 0.6) is 11.5 Å². The van der Waals surface area contributed by atoms with Gasteiger partial charge >= 0.3 is 11.9 Å². The molecule has 1 saturated heterocycles. The Labute approximate surface area is 215 Å². The van der Waals surface area contributed by atoms with Crippen LogP contribution >= 0.6 is 21.6 Å². The number of fused-ring (bicyclic) bond motifs is 1. The molecule has 4 rings (SSSR count). The summed E-state index contributed by atoms with van der Waals surface area (Å²) in [5, 5.41) is 2.70. The Morgan fingerprint density at radius 1 is 0.943 bits per heavy atom. The van der Waals surface area contributed by atoms with Crippen molar-refractivity contribution in [1.82, 2.24) is 0 Å². The molecule has 0 amide bonds. The predicted molar refractivity (Wildman–Crippen MR) is 146 cm³/mol. The predicted octanol–water partition coefficient (Wildman–Crippen LogP) is 7.73. The molecule has 0 aromatic heterocycles. The van der Waals surface area contributed by atoms with E-state index in [9.17, 15) is 9.59 Å². The SMILES string of the molecule is CCc1ccc(OC(=O)[C@@H](C)c2ccc3cc(OC(=O)CCCC[C@@H]4CCSS4)ccc3c2)cc1. The first-order valence-corrected chi connectivity index (χ1v) is 14.7. The van der Waals surface area contributed by atoms with Gasteiger partial charge in [0.2, 0.25) is 0 Å². The summed E-state index contributed by atoms with van der Waals surface area (Å²) in [6.45, 7) is 3.94. The van der Waals surface area contributed by atoms with Crippen molar-refractivity contribution in [2.45, 2.75) is 63.5 Å². The number of hydrogen-bond donors (Lipinski definition) is 0. The van der Waals surface area contributed by atoms with E-state index in [1.54, 1.807) is 0 Å². The molecule has 3 aromatic rings. The van der Waals surface area contributed by atoms with Gasteiger partial charge in [-0.2, -0.15) is 0 Å². The molecule has 184 valence electrons. The van der Waals surface area contributed by atoms with Crippen LogP contribution in [-0.2, 0) is 16.0 Å². The normalized spacial score (nSPS) is 16.2. The molecule has 35 heavy (non-hydrogen) atoms. The Kier molecular flexibility index (Phi) is 9.16. The molecular formula is C29H32O4S2. The van der Waals surface area contributed by atoms with E-state index in [-0.39, 0.29) is 11.9 Å². The fraction of sp³-hybridized carbons (Fsp3) is 0.379. The van der Waals surface area contributed by atoms with E-state index in [2.05, 4.69) is 6.92 Å². The molecule has 0 unspecified atom stereocenters. The molecule has 0 N–H and O–H groups in total. The van der Waals surface area contributed by atoms with Crippen molar-refractivity contribution in [2.75, 3.05) is 5.75 Å². The van der Waals surface area contributed by atoms with Crippen LogP contribution in [0.25, 0.3) is 10.8 Å². The van der Waals surface area contributed by atoms with Gasteiger partial charge in [-0.1, -0.05) is 71.3 Å². The van der Waals surface area contributed by atoms with Crippen molar-refractivity contribution >= 4 is 44.3 Å². The highest BCUT2D eigenvalue weighted by Crippen LogP contribution is 2.40. The standard InChI is InChI=1S/C29H32O4S2/c1-3-21-8-13-25(14-9-21)33-29(31)20(2)22-10-11-24-19-26(15-12-23(24)18-22)32-28(30)7-5-4-6-27-16-17-34-35-27/h8-15,18-20,27H,3-7,16-17H2,1-2H3/t20-,27+/m0/s1. The molecule has 6 heteroatoms. The Morgan fingerprint density at radius 3 is 2.43 bits per heavy atom. The maximum Gasteiger partial charge on any atom is 0.318 e. The summed E-state index contributed by atoms with van der Waals surface area (Å²) < 4.78 is 11.1. The molecule has 1 heterocycles. The van der Waals surface area contributed by atoms with Crippen LogP contribution in [0.15, 0.2) is 60.7 Å². The number of carbonyl (C=O) groups excluding carboxylic acids is 2. The van der Waals surface area contributed by atoms with Gasteiger partial charge in [0.05, 0.1) is 5.92 Å². The number of carbonyl (C=O) groups is 2. The molecule has 0 spiro atoms. The second-order valence-electron chi connectivity index (χ2n) is 8.96. The summed E-state index contributed by atoms with van der Waals surface area (Å²) in [4.78, 5) is 24.9. The number of ether oxygens (including phenoxy) is 2. The highest BCUT2D eigenvalue weighted by atomic mass is 33.1. The van der Waals surface area contributed by atoms with Crippen molar-refractivity contribution in [1.29, 1.82) is 0 Å². The summed E-state index contributed by atoms with van der Waals surface area (Å²) in [6, 6.07) is 19.1. The van der Waals surface area contributed by atoms with E-state index >= 15 is 0 Å². The smallest absolute Gasteiger partial charge is 0.318 e. The summed E-state index contributed by atoms with van der Waals surface area (Å²) in [7, 11) is 3.94. The molecule has 1 fully saturated rings. The van der Waals surface area contributed by atoms with Crippen molar-refractivity contribution in [3.05, 3.63) is 71.8 Å². The highest BCUT2D eigenvalue weighted by Gasteiger charge is 2.19. The summed E-state index contributed by atoms with van der Waals surface area (Å²) in [5.74, 6) is 1.49. The van der Waals surface area contributed by atoms with Crippen molar-refractivity contribution in [3.8, 4) is 11.5 Å². The van der Waals surface area contributed by atoms with Crippen LogP contribution in [0.4, 0.5) is 0 Å². The summed E-state index contributed by atoms with van der Waals surface area (Å²) >= 11 is 0. The molecule has 0 saturated carbocycles. The Morgan fingerprint density at radius 2 is 1.69 bits per heavy atom. The Hall–Kier alpha value is -2.44. The van der Waals surface area contributed by atoms with Gasteiger partial charge in [0.25, 0.3) is 0 Å².